The van der Waals surface area contributed by atoms with Gasteiger partial charge in [-0.1, -0.05) is 12.1 Å². The lowest BCUT2D eigenvalue weighted by Gasteiger charge is -2.12. The highest BCUT2D eigenvalue weighted by molar-refractivity contribution is 14.0. The SMILES string of the molecule is CN=C(NCCc1csc(C)n1)NCc1ccc(Oc2cccc(OC)c2)nc1.I. The van der Waals surface area contributed by atoms with E-state index in [1.165, 1.54) is 0 Å². The zero-order chi connectivity index (χ0) is 20.5. The van der Waals surface area contributed by atoms with Crippen LogP contribution >= 0.6 is 35.3 Å². The Hall–Kier alpha value is -2.40. The van der Waals surface area contributed by atoms with Gasteiger partial charge in [0.25, 0.3) is 0 Å². The van der Waals surface area contributed by atoms with Gasteiger partial charge in [0.15, 0.2) is 5.96 Å². The maximum absolute atomic E-state index is 5.77. The molecular weight excluding hydrogens is 513 g/mol. The summed E-state index contributed by atoms with van der Waals surface area (Å²) in [6, 6.07) is 11.2. The summed E-state index contributed by atoms with van der Waals surface area (Å²) in [6.45, 7) is 3.40. The third-order valence-corrected chi connectivity index (χ3v) is 4.91. The summed E-state index contributed by atoms with van der Waals surface area (Å²) in [5.74, 6) is 2.70. The summed E-state index contributed by atoms with van der Waals surface area (Å²) in [6.07, 6.45) is 2.65. The van der Waals surface area contributed by atoms with Crippen LogP contribution in [0.15, 0.2) is 53.0 Å². The van der Waals surface area contributed by atoms with Gasteiger partial charge in [-0.05, 0) is 24.6 Å². The molecule has 0 amide bonds. The number of methoxy groups -OCH3 is 1. The number of hydrogen-bond acceptors (Lipinski definition) is 6. The van der Waals surface area contributed by atoms with Crippen LogP contribution in [0.3, 0.4) is 0 Å². The van der Waals surface area contributed by atoms with E-state index in [2.05, 4.69) is 31.0 Å². The molecule has 2 N–H and O–H groups in total. The fourth-order valence-electron chi connectivity index (χ4n) is 2.60. The molecule has 1 aromatic carbocycles. The van der Waals surface area contributed by atoms with Crippen LogP contribution in [-0.4, -0.2) is 36.6 Å². The van der Waals surface area contributed by atoms with E-state index in [-0.39, 0.29) is 24.0 Å². The molecule has 0 unspecified atom stereocenters. The van der Waals surface area contributed by atoms with Crippen LogP contribution < -0.4 is 20.1 Å². The minimum atomic E-state index is 0. The number of halogens is 1. The molecule has 3 rings (SSSR count). The predicted octanol–water partition coefficient (Wildman–Crippen LogP) is 4.17. The number of nitrogens with one attached hydrogen (secondary N) is 2. The van der Waals surface area contributed by atoms with Crippen molar-refractivity contribution in [1.29, 1.82) is 0 Å². The topological polar surface area (TPSA) is 80.7 Å². The average molecular weight is 539 g/mol. The van der Waals surface area contributed by atoms with Crippen LogP contribution in [0, 0.1) is 6.92 Å². The normalized spacial score (nSPS) is 10.8. The first-order chi connectivity index (χ1) is 14.2. The molecule has 0 saturated carbocycles. The van der Waals surface area contributed by atoms with Crippen LogP contribution in [0.25, 0.3) is 0 Å². The minimum Gasteiger partial charge on any atom is -0.497 e. The van der Waals surface area contributed by atoms with Crippen molar-refractivity contribution < 1.29 is 9.47 Å². The van der Waals surface area contributed by atoms with Gasteiger partial charge < -0.3 is 20.1 Å². The molecule has 30 heavy (non-hydrogen) atoms. The number of nitrogens with zero attached hydrogens (tertiary/aromatic N) is 3. The van der Waals surface area contributed by atoms with Crippen molar-refractivity contribution in [2.45, 2.75) is 19.9 Å². The number of rotatable bonds is 8. The van der Waals surface area contributed by atoms with Gasteiger partial charge >= 0.3 is 0 Å². The van der Waals surface area contributed by atoms with Crippen molar-refractivity contribution >= 4 is 41.3 Å². The van der Waals surface area contributed by atoms with E-state index in [0.717, 1.165) is 40.9 Å². The predicted molar refractivity (Wildman–Crippen MR) is 131 cm³/mol. The van der Waals surface area contributed by atoms with Crippen molar-refractivity contribution in [2.24, 2.45) is 4.99 Å². The van der Waals surface area contributed by atoms with Gasteiger partial charge in [-0.2, -0.15) is 0 Å². The standard InChI is InChI=1S/C21H25N5O2S.HI/c1-15-26-17(14-29-15)9-10-23-21(22-2)25-13-16-7-8-20(24-12-16)28-19-6-4-5-18(11-19)27-3;/h4-8,11-12,14H,9-10,13H2,1-3H3,(H2,22,23,25);1H. The Morgan fingerprint density at radius 1 is 1.17 bits per heavy atom. The molecule has 0 aliphatic carbocycles. The van der Waals surface area contributed by atoms with Crippen molar-refractivity contribution in [3.05, 3.63) is 64.2 Å². The number of ether oxygens (including phenoxy) is 2. The average Bonchev–Trinajstić information content (AvgIpc) is 3.16. The van der Waals surface area contributed by atoms with Crippen molar-refractivity contribution in [3.63, 3.8) is 0 Å². The Morgan fingerprint density at radius 3 is 2.67 bits per heavy atom. The van der Waals surface area contributed by atoms with Gasteiger partial charge in [0.1, 0.15) is 11.5 Å². The fraction of sp³-hybridized carbons (Fsp3) is 0.286. The number of benzene rings is 1. The van der Waals surface area contributed by atoms with Crippen molar-refractivity contribution in [2.75, 3.05) is 20.7 Å². The quantitative estimate of drug-likeness (QED) is 0.254. The Kier molecular flexibility index (Phi) is 9.81. The Morgan fingerprint density at radius 2 is 2.00 bits per heavy atom. The van der Waals surface area contributed by atoms with E-state index in [1.54, 1.807) is 31.7 Å². The third-order valence-electron chi connectivity index (χ3n) is 4.08. The van der Waals surface area contributed by atoms with Gasteiger partial charge in [0, 0.05) is 50.3 Å². The number of thiazole rings is 1. The van der Waals surface area contributed by atoms with E-state index in [0.29, 0.717) is 18.2 Å². The van der Waals surface area contributed by atoms with Gasteiger partial charge in [-0.3, -0.25) is 4.99 Å². The highest BCUT2D eigenvalue weighted by Crippen LogP contribution is 2.23. The summed E-state index contributed by atoms with van der Waals surface area (Å²) in [5, 5.41) is 9.77. The van der Waals surface area contributed by atoms with E-state index < -0.39 is 0 Å². The molecule has 2 heterocycles. The van der Waals surface area contributed by atoms with Gasteiger partial charge in [0.2, 0.25) is 5.88 Å². The van der Waals surface area contributed by atoms with Gasteiger partial charge in [0.05, 0.1) is 17.8 Å². The maximum atomic E-state index is 5.77. The molecule has 0 fully saturated rings. The smallest absolute Gasteiger partial charge is 0.219 e. The Labute approximate surface area is 198 Å². The summed E-state index contributed by atoms with van der Waals surface area (Å²) in [5.41, 5.74) is 2.13. The molecule has 0 bridgehead atoms. The lowest BCUT2D eigenvalue weighted by Crippen LogP contribution is -2.37. The second-order valence-corrected chi connectivity index (χ2v) is 7.31. The zero-order valence-electron chi connectivity index (χ0n) is 17.2. The van der Waals surface area contributed by atoms with Crippen LogP contribution in [0.1, 0.15) is 16.3 Å². The van der Waals surface area contributed by atoms with E-state index in [4.69, 9.17) is 9.47 Å². The molecule has 9 heteroatoms. The highest BCUT2D eigenvalue weighted by Gasteiger charge is 2.03. The summed E-state index contributed by atoms with van der Waals surface area (Å²) in [4.78, 5) is 13.1. The molecular formula is C21H26IN5O2S. The molecule has 0 saturated heterocycles. The van der Waals surface area contributed by atoms with E-state index in [1.807, 2.05) is 43.3 Å². The molecule has 3 aromatic rings. The Bertz CT molecular complexity index is 947. The van der Waals surface area contributed by atoms with Crippen LogP contribution in [0.5, 0.6) is 17.4 Å². The van der Waals surface area contributed by atoms with Gasteiger partial charge in [-0.15, -0.1) is 35.3 Å². The number of aromatic nitrogens is 2. The number of aryl methyl sites for hydroxylation is 1. The summed E-state index contributed by atoms with van der Waals surface area (Å²) < 4.78 is 11.0. The van der Waals surface area contributed by atoms with E-state index >= 15 is 0 Å². The van der Waals surface area contributed by atoms with E-state index in [9.17, 15) is 0 Å². The number of guanidine groups is 1. The number of hydrogen-bond donors (Lipinski definition) is 2. The Balaban J connectivity index is 0.00000320. The zero-order valence-corrected chi connectivity index (χ0v) is 20.4. The molecule has 2 aromatic heterocycles. The lowest BCUT2D eigenvalue weighted by atomic mass is 10.3. The minimum absolute atomic E-state index is 0. The summed E-state index contributed by atoms with van der Waals surface area (Å²) in [7, 11) is 3.38. The maximum Gasteiger partial charge on any atom is 0.219 e. The fourth-order valence-corrected chi connectivity index (χ4v) is 3.25. The number of aliphatic imine (C=N–C) groups is 1. The van der Waals surface area contributed by atoms with Crippen molar-refractivity contribution in [3.8, 4) is 17.4 Å². The van der Waals surface area contributed by atoms with Crippen LogP contribution in [0.4, 0.5) is 0 Å². The largest absolute Gasteiger partial charge is 0.497 e. The molecule has 0 aliphatic heterocycles. The first-order valence-electron chi connectivity index (χ1n) is 9.28. The molecule has 160 valence electrons. The molecule has 0 aliphatic rings. The first kappa shape index (κ1) is 23.9. The van der Waals surface area contributed by atoms with Crippen LogP contribution in [0.2, 0.25) is 0 Å². The molecule has 7 nitrogen and oxygen atoms in total. The third kappa shape index (κ3) is 7.45. The van der Waals surface area contributed by atoms with Crippen LogP contribution in [-0.2, 0) is 13.0 Å². The monoisotopic (exact) mass is 539 g/mol. The molecule has 0 atom stereocenters. The molecule has 0 radical (unpaired) electrons. The second kappa shape index (κ2) is 12.3. The lowest BCUT2D eigenvalue weighted by molar-refractivity contribution is 0.407. The molecule has 0 spiro atoms. The van der Waals surface area contributed by atoms with Crippen molar-refractivity contribution in [1.82, 2.24) is 20.6 Å². The highest BCUT2D eigenvalue weighted by atomic mass is 127. The first-order valence-corrected chi connectivity index (χ1v) is 10.2. The number of pyridine rings is 1. The van der Waals surface area contributed by atoms with Gasteiger partial charge in [-0.25, -0.2) is 9.97 Å². The summed E-state index contributed by atoms with van der Waals surface area (Å²) >= 11 is 1.67. The second-order valence-electron chi connectivity index (χ2n) is 6.25.